The molecule has 18 atom stereocenters. The number of carboxylic acids is 1. The molecule has 4 heterocycles. The summed E-state index contributed by atoms with van der Waals surface area (Å²) >= 11 is 1.45. The van der Waals surface area contributed by atoms with E-state index in [2.05, 4.69) is 42.2 Å². The van der Waals surface area contributed by atoms with Crippen molar-refractivity contribution in [2.45, 2.75) is 270 Å². The molecule has 41 nitrogen and oxygen atoms in total. The van der Waals surface area contributed by atoms with Gasteiger partial charge in [0, 0.05) is 96.0 Å². The highest BCUT2D eigenvalue weighted by atomic mass is 32.1. The van der Waals surface area contributed by atoms with Gasteiger partial charge >= 0.3 is 18.1 Å². The van der Waals surface area contributed by atoms with Crippen LogP contribution in [-0.4, -0.2) is 283 Å². The van der Waals surface area contributed by atoms with Crippen LogP contribution in [-0.2, 0) is 95.9 Å². The Balaban J connectivity index is 0.876. The van der Waals surface area contributed by atoms with Gasteiger partial charge in [-0.15, -0.1) is 11.3 Å². The number of carboxylic acid groups (broad SMARTS) is 1. The molecular formula is C98H142N16O25S. The first-order valence-corrected chi connectivity index (χ1v) is 47.9. The Bertz CT molecular complexity index is 5100. The number of likely N-dealkylation sites (N-methyl/N-ethyl adjacent to an activating group) is 2. The second-order valence-electron chi connectivity index (χ2n) is 37.7. The zero-order chi connectivity index (χ0) is 104. The van der Waals surface area contributed by atoms with Crippen LogP contribution in [0.2, 0.25) is 0 Å². The first kappa shape index (κ1) is 113. The number of aliphatic carboxylic acids is 1. The molecule has 3 aliphatic heterocycles. The van der Waals surface area contributed by atoms with Gasteiger partial charge in [0.05, 0.1) is 90.6 Å². The fourth-order valence-corrected chi connectivity index (χ4v) is 18.4. The molecule has 140 heavy (non-hydrogen) atoms. The Hall–Kier alpha value is -12.0. The molecule has 3 aliphatic rings. The number of likely N-dealkylation sites (tertiary alicyclic amines) is 1. The standard InChI is InChI=1S/C98H142N16O25S/c1-18-56(8)81(72(134-16)47-75(121)112-44-27-35-68(112)85(135-17)57(9)87(124)107-66(91-102-43-45-140-91)46-59-28-20-19-21-29-59)110(14)92(128)78(54(4)5)109-90(127)80(55(6)7)111(15)96(133)136-51-60-36-38-62(39-37-60)105-88(125)65(33-26-42-103-95(100)132)106-89(126)77(53(2)3)108-73(119)40-41-74(120)113-49-61-30-22-23-31-63(61)82(76(99)64-32-24-25-34-67(64)113)114(101)50-70(117)83(122)86-79(104-58(10)115)69(116)48-98(138-86,94(130)131)137-52-71(118)84(123)93(129)139-97(11,12)13/h19-25,28-32,34,36-39,43,45,53-57,65-66,68-70,72,77-81,83,85-86,93,116-118,122-123,129H,18,26-27,33,35,40-42,44,46-52,99,101H2,1-17H3,(H,104,115)(H,105,125)(H,106,126)(H,107,124)(H,108,119)(H,109,127)(H,130,131)(H3,100,103,132)/b82-76-,84-71-. The van der Waals surface area contributed by atoms with Gasteiger partial charge in [0.25, 0.3) is 5.79 Å². The van der Waals surface area contributed by atoms with Crippen LogP contribution in [0.25, 0.3) is 11.4 Å². The Morgan fingerprint density at radius 1 is 0.743 bits per heavy atom. The number of anilines is 2. The normalized spacial score (nSPS) is 20.1. The van der Waals surface area contributed by atoms with Gasteiger partial charge in [0.1, 0.15) is 60.7 Å². The molecule has 8 rings (SSSR count). The third kappa shape index (κ3) is 30.3. The number of nitrogens with zero attached hydrogens (tertiary/aromatic N) is 6. The van der Waals surface area contributed by atoms with E-state index in [0.717, 1.165) is 27.4 Å². The molecule has 0 bridgehead atoms. The number of para-hydroxylation sites is 1. The van der Waals surface area contributed by atoms with E-state index in [1.165, 1.54) is 63.3 Å². The number of amides is 12. The summed E-state index contributed by atoms with van der Waals surface area (Å²) in [5.41, 5.74) is 14.3. The highest BCUT2D eigenvalue weighted by Crippen LogP contribution is 2.40. The highest BCUT2D eigenvalue weighted by Gasteiger charge is 2.57. The average Bonchev–Trinajstić information content (AvgIpc) is 0.946. The van der Waals surface area contributed by atoms with Crippen LogP contribution in [0.5, 0.6) is 0 Å². The summed E-state index contributed by atoms with van der Waals surface area (Å²) in [7, 11) is 6.07. The first-order chi connectivity index (χ1) is 66.1. The van der Waals surface area contributed by atoms with Crippen molar-refractivity contribution < 1.29 is 122 Å². The first-order valence-electron chi connectivity index (χ1n) is 47.0. The number of nitrogens with one attached hydrogen (secondary N) is 7. The van der Waals surface area contributed by atoms with Gasteiger partial charge in [-0.3, -0.25) is 48.1 Å². The molecule has 0 saturated carbocycles. The number of hydrazine groups is 1. The monoisotopic (exact) mass is 1980 g/mol. The van der Waals surface area contributed by atoms with Crippen molar-refractivity contribution in [1.82, 2.24) is 56.6 Å². The smallest absolute Gasteiger partial charge is 0.410 e. The molecule has 0 spiro atoms. The number of hydrogen-bond acceptors (Lipinski definition) is 29. The molecular weight excluding hydrogens is 1830 g/mol. The molecule has 4 aromatic carbocycles. The number of aromatic nitrogens is 1. The zero-order valence-corrected chi connectivity index (χ0v) is 83.4. The van der Waals surface area contributed by atoms with Gasteiger partial charge in [-0.05, 0) is 111 Å². The number of rotatable bonds is 48. The fourth-order valence-electron chi connectivity index (χ4n) is 17.7. The quantitative estimate of drug-likeness (QED) is 0.00715. The number of carbonyl (C=O) groups is 12. The van der Waals surface area contributed by atoms with Gasteiger partial charge in [-0.1, -0.05) is 154 Å². The summed E-state index contributed by atoms with van der Waals surface area (Å²) < 4.78 is 34.6. The van der Waals surface area contributed by atoms with Crippen molar-refractivity contribution >= 4 is 105 Å². The van der Waals surface area contributed by atoms with E-state index < -0.39 is 230 Å². The van der Waals surface area contributed by atoms with Crippen LogP contribution in [0.3, 0.4) is 0 Å². The van der Waals surface area contributed by atoms with Crippen molar-refractivity contribution in [3.8, 4) is 0 Å². The maximum atomic E-state index is 15.0. The lowest BCUT2D eigenvalue weighted by atomic mass is 9.88. The highest BCUT2D eigenvalue weighted by molar-refractivity contribution is 7.09. The van der Waals surface area contributed by atoms with Crippen LogP contribution in [0.1, 0.15) is 187 Å². The summed E-state index contributed by atoms with van der Waals surface area (Å²) in [6.45, 7) is 19.8. The number of nitrogens with two attached hydrogens (primary N) is 3. The van der Waals surface area contributed by atoms with Crippen LogP contribution in [0, 0.1) is 29.6 Å². The molecule has 12 amide bonds. The molecule has 0 radical (unpaired) electrons. The second-order valence-corrected chi connectivity index (χ2v) is 38.7. The summed E-state index contributed by atoms with van der Waals surface area (Å²) in [4.78, 5) is 178. The molecule has 5 aromatic rings. The number of hydrogen-bond donors (Lipinski definition) is 17. The van der Waals surface area contributed by atoms with Crippen molar-refractivity contribution in [1.29, 1.82) is 0 Å². The number of aliphatic hydroxyl groups is 6. The Labute approximate surface area is 820 Å². The molecule has 20 N–H and O–H groups in total. The topological polar surface area (TPSA) is 593 Å². The molecule has 0 aliphatic carbocycles. The largest absolute Gasteiger partial charge is 0.506 e. The second kappa shape index (κ2) is 52.0. The average molecular weight is 1980 g/mol. The Morgan fingerprint density at radius 2 is 1.39 bits per heavy atom. The van der Waals surface area contributed by atoms with Gasteiger partial charge in [0.15, 0.2) is 11.5 Å². The van der Waals surface area contributed by atoms with Crippen molar-refractivity contribution in [3.05, 3.63) is 159 Å². The van der Waals surface area contributed by atoms with Crippen LogP contribution in [0.4, 0.5) is 21.0 Å². The number of benzene rings is 4. The number of fused-ring (bicyclic) bond motifs is 2. The maximum absolute atomic E-state index is 15.0. The van der Waals surface area contributed by atoms with Gasteiger partial charge in [-0.2, -0.15) is 0 Å². The number of thiazole rings is 1. The third-order valence-electron chi connectivity index (χ3n) is 25.2. The minimum absolute atomic E-state index is 0.0142. The van der Waals surface area contributed by atoms with Crippen LogP contribution in [0.15, 0.2) is 126 Å². The minimum atomic E-state index is -2.95. The summed E-state index contributed by atoms with van der Waals surface area (Å²) in [6, 6.07) is 20.2. The third-order valence-corrected chi connectivity index (χ3v) is 26.1. The van der Waals surface area contributed by atoms with Crippen LogP contribution < -0.4 is 59.4 Å². The lowest BCUT2D eigenvalue weighted by Gasteiger charge is -2.46. The number of ether oxygens (including phenoxy) is 6. The van der Waals surface area contributed by atoms with Crippen LogP contribution >= 0.6 is 11.3 Å². The predicted octanol–water partition coefficient (Wildman–Crippen LogP) is 5.83. The molecule has 770 valence electrons. The van der Waals surface area contributed by atoms with Crippen molar-refractivity contribution in [2.24, 2.45) is 46.9 Å². The van der Waals surface area contributed by atoms with Gasteiger partial charge in [-0.25, -0.2) is 25.2 Å². The molecule has 2 fully saturated rings. The van der Waals surface area contributed by atoms with Gasteiger partial charge in [0.2, 0.25) is 59.5 Å². The van der Waals surface area contributed by atoms with E-state index in [-0.39, 0.29) is 85.0 Å². The lowest BCUT2D eigenvalue weighted by molar-refractivity contribution is -0.310. The minimum Gasteiger partial charge on any atom is -0.506 e. The maximum Gasteiger partial charge on any atom is 0.410 e. The summed E-state index contributed by atoms with van der Waals surface area (Å²) in [5, 5.41) is 100. The van der Waals surface area contributed by atoms with E-state index >= 15 is 4.79 Å². The Kier molecular flexibility index (Phi) is 42.1. The Morgan fingerprint density at radius 3 is 1.99 bits per heavy atom. The lowest BCUT2D eigenvalue weighted by Crippen LogP contribution is -2.68. The van der Waals surface area contributed by atoms with E-state index in [0.29, 0.717) is 48.9 Å². The number of carbonyl (C=O) groups excluding carboxylic acids is 11. The van der Waals surface area contributed by atoms with E-state index in [1.54, 1.807) is 139 Å². The predicted molar refractivity (Wildman–Crippen MR) is 519 cm³/mol. The van der Waals surface area contributed by atoms with E-state index in [1.807, 2.05) is 49.6 Å². The molecule has 18 unspecified atom stereocenters. The fraction of sp³-hybridized carbons (Fsp3) is 0.561. The number of urea groups is 1. The van der Waals surface area contributed by atoms with E-state index in [9.17, 15) is 88.5 Å². The van der Waals surface area contributed by atoms with Gasteiger partial charge < -0.3 is 133 Å². The molecule has 1 aromatic heterocycles. The van der Waals surface area contributed by atoms with Crippen molar-refractivity contribution in [3.63, 3.8) is 0 Å². The number of methoxy groups -OCH3 is 2. The van der Waals surface area contributed by atoms with E-state index in [4.69, 9.17) is 45.7 Å². The number of aliphatic hydroxyl groups excluding tert-OH is 6. The summed E-state index contributed by atoms with van der Waals surface area (Å²) in [6.07, 6.45) is -10.4. The molecule has 2 saturated heterocycles. The van der Waals surface area contributed by atoms with Crippen molar-refractivity contribution in [2.75, 3.05) is 64.8 Å². The molecule has 42 heteroatoms. The SMILES string of the molecule is CCC(C)C(C(CC(=O)N1CCCC1C(OC)C(C)C(=O)NC(Cc1ccccc1)c1nccs1)OC)N(C)C(=O)C(NC(=O)C(C(C)C)N(C)C(=O)OCc1ccc(NC(=O)C(CCCNC(N)=O)NC(=O)C(NC(=O)CCC(=O)N2Cc3ccccc3/C(N(N)CC(O)C(O)C3OC(OC/C(O)=C(/O)C(O)OC(C)(C)C)(C(=O)O)CC(O)C3NC(C)=O)=C(/N)c3ccccc32)C(C)C)cc1)C(C)C. The number of primary amides is 1. The zero-order valence-electron chi connectivity index (χ0n) is 82.6. The summed E-state index contributed by atoms with van der Waals surface area (Å²) in [5.74, 6) is -7.85.